The van der Waals surface area contributed by atoms with Crippen LogP contribution in [0.1, 0.15) is 26.7 Å². The fourth-order valence-electron chi connectivity index (χ4n) is 1.69. The molecule has 3 nitrogen and oxygen atoms in total. The molecule has 90 valence electrons. The Labute approximate surface area is 102 Å². The number of hydrogen-bond acceptors (Lipinski definition) is 3. The van der Waals surface area contributed by atoms with Gasteiger partial charge in [-0.25, -0.2) is 8.42 Å². The third-order valence-electron chi connectivity index (χ3n) is 2.63. The van der Waals surface area contributed by atoms with E-state index in [0.29, 0.717) is 17.9 Å². The molecule has 0 aliphatic rings. The molecule has 0 bridgehead atoms. The Kier molecular flexibility index (Phi) is 4.21. The van der Waals surface area contributed by atoms with Gasteiger partial charge in [-0.3, -0.25) is 0 Å². The second-order valence-corrected chi connectivity index (χ2v) is 6.30. The molecule has 0 radical (unpaired) electrons. The van der Waals surface area contributed by atoms with Gasteiger partial charge in [-0.05, 0) is 31.0 Å². The number of halogens is 1. The van der Waals surface area contributed by atoms with Crippen molar-refractivity contribution >= 4 is 27.1 Å². The Bertz CT molecular complexity index is 467. The first-order chi connectivity index (χ1) is 7.43. The van der Waals surface area contributed by atoms with E-state index >= 15 is 0 Å². The molecule has 1 rings (SSSR count). The number of benzene rings is 1. The zero-order valence-electron chi connectivity index (χ0n) is 9.40. The maximum absolute atomic E-state index is 12.2. The Morgan fingerprint density at radius 3 is 2.31 bits per heavy atom. The summed E-state index contributed by atoms with van der Waals surface area (Å²) in [6.07, 6.45) is 1.17. The summed E-state index contributed by atoms with van der Waals surface area (Å²) >= 11 is 5.74. The average molecular weight is 262 g/mol. The lowest BCUT2D eigenvalue weighted by molar-refractivity contribution is 0.572. The van der Waals surface area contributed by atoms with Gasteiger partial charge in [0.1, 0.15) is 0 Å². The number of nitrogens with two attached hydrogens (primary N) is 1. The summed E-state index contributed by atoms with van der Waals surface area (Å²) in [5.74, 6) is 0. The van der Waals surface area contributed by atoms with Gasteiger partial charge in [-0.15, -0.1) is 0 Å². The smallest absolute Gasteiger partial charge is 0.183 e. The largest absolute Gasteiger partial charge is 0.398 e. The Morgan fingerprint density at radius 1 is 1.31 bits per heavy atom. The van der Waals surface area contributed by atoms with Crippen molar-refractivity contribution < 1.29 is 8.42 Å². The van der Waals surface area contributed by atoms with Gasteiger partial charge in [-0.1, -0.05) is 25.4 Å². The molecule has 0 spiro atoms. The lowest BCUT2D eigenvalue weighted by Gasteiger charge is -2.15. The zero-order valence-corrected chi connectivity index (χ0v) is 11.0. The number of rotatable bonds is 4. The monoisotopic (exact) mass is 261 g/mol. The minimum absolute atomic E-state index is 0.186. The summed E-state index contributed by atoms with van der Waals surface area (Å²) in [5.41, 5.74) is 5.91. The highest BCUT2D eigenvalue weighted by Gasteiger charge is 2.26. The normalized spacial score (nSPS) is 12.0. The third-order valence-corrected chi connectivity index (χ3v) is 5.39. The average Bonchev–Trinajstić information content (AvgIpc) is 2.18. The predicted molar refractivity (Wildman–Crippen MR) is 67.4 cm³/mol. The first kappa shape index (κ1) is 13.3. The lowest BCUT2D eigenvalue weighted by atomic mass is 10.3. The molecule has 0 aromatic heterocycles. The summed E-state index contributed by atoms with van der Waals surface area (Å²) in [6, 6.07) is 4.50. The van der Waals surface area contributed by atoms with Crippen LogP contribution in [0.3, 0.4) is 0 Å². The molecule has 0 saturated heterocycles. The van der Waals surface area contributed by atoms with Crippen LogP contribution in [-0.4, -0.2) is 13.7 Å². The predicted octanol–water partition coefficient (Wildman–Crippen LogP) is 2.88. The van der Waals surface area contributed by atoms with Crippen molar-refractivity contribution in [2.75, 3.05) is 5.73 Å². The quantitative estimate of drug-likeness (QED) is 0.848. The van der Waals surface area contributed by atoms with Crippen molar-refractivity contribution in [3.05, 3.63) is 23.2 Å². The van der Waals surface area contributed by atoms with E-state index in [2.05, 4.69) is 0 Å². The molecule has 16 heavy (non-hydrogen) atoms. The number of sulfone groups is 1. The van der Waals surface area contributed by atoms with Crippen LogP contribution < -0.4 is 5.73 Å². The highest BCUT2D eigenvalue weighted by molar-refractivity contribution is 7.92. The minimum Gasteiger partial charge on any atom is -0.398 e. The number of nitrogen functional groups attached to an aromatic ring is 1. The van der Waals surface area contributed by atoms with Gasteiger partial charge in [0.25, 0.3) is 0 Å². The van der Waals surface area contributed by atoms with Crippen LogP contribution in [0.25, 0.3) is 0 Å². The van der Waals surface area contributed by atoms with E-state index in [0.717, 1.165) is 0 Å². The fourth-order valence-corrected chi connectivity index (χ4v) is 3.75. The number of hydrogen-bond donors (Lipinski definition) is 1. The number of anilines is 1. The highest BCUT2D eigenvalue weighted by Crippen LogP contribution is 2.27. The van der Waals surface area contributed by atoms with E-state index in [4.69, 9.17) is 17.3 Å². The van der Waals surface area contributed by atoms with Crippen LogP contribution in [0.2, 0.25) is 5.02 Å². The molecule has 1 aromatic rings. The van der Waals surface area contributed by atoms with Crippen molar-refractivity contribution in [1.29, 1.82) is 0 Å². The van der Waals surface area contributed by atoms with Crippen LogP contribution in [0.4, 0.5) is 5.69 Å². The van der Waals surface area contributed by atoms with E-state index < -0.39 is 9.84 Å². The Morgan fingerprint density at radius 2 is 1.88 bits per heavy atom. The van der Waals surface area contributed by atoms with Gasteiger partial charge in [-0.2, -0.15) is 0 Å². The maximum Gasteiger partial charge on any atom is 0.183 e. The molecule has 0 heterocycles. The molecule has 0 aliphatic carbocycles. The van der Waals surface area contributed by atoms with Crippen molar-refractivity contribution in [2.45, 2.75) is 36.8 Å². The van der Waals surface area contributed by atoms with Crippen LogP contribution >= 0.6 is 11.6 Å². The molecule has 0 saturated carbocycles. The molecule has 0 fully saturated rings. The topological polar surface area (TPSA) is 60.2 Å². The summed E-state index contributed by atoms with van der Waals surface area (Å²) in [6.45, 7) is 3.72. The summed E-state index contributed by atoms with van der Waals surface area (Å²) in [4.78, 5) is 0.186. The van der Waals surface area contributed by atoms with Crippen LogP contribution in [-0.2, 0) is 9.84 Å². The molecule has 2 N–H and O–H groups in total. The molecular weight excluding hydrogens is 246 g/mol. The zero-order chi connectivity index (χ0) is 12.3. The van der Waals surface area contributed by atoms with Crippen molar-refractivity contribution in [2.24, 2.45) is 0 Å². The molecule has 0 unspecified atom stereocenters. The molecule has 0 atom stereocenters. The van der Waals surface area contributed by atoms with Gasteiger partial charge in [0.05, 0.1) is 15.8 Å². The van der Waals surface area contributed by atoms with E-state index in [1.54, 1.807) is 6.07 Å². The fraction of sp³-hybridized carbons (Fsp3) is 0.455. The Hall–Kier alpha value is -0.740. The second-order valence-electron chi connectivity index (χ2n) is 3.67. The summed E-state index contributed by atoms with van der Waals surface area (Å²) in [5, 5.41) is 0.0666. The van der Waals surface area contributed by atoms with E-state index in [1.807, 2.05) is 13.8 Å². The van der Waals surface area contributed by atoms with Gasteiger partial charge >= 0.3 is 0 Å². The van der Waals surface area contributed by atoms with Gasteiger partial charge in [0, 0.05) is 5.02 Å². The van der Waals surface area contributed by atoms with Gasteiger partial charge in [0.2, 0.25) is 0 Å². The standard InChI is InChI=1S/C11H16ClNO2S/c1-3-9(4-2)16(14,15)11-6-5-8(12)7-10(11)13/h5-7,9H,3-4,13H2,1-2H3. The molecule has 0 aliphatic heterocycles. The lowest BCUT2D eigenvalue weighted by Crippen LogP contribution is -2.20. The SMILES string of the molecule is CCC(CC)S(=O)(=O)c1ccc(Cl)cc1N. The van der Waals surface area contributed by atoms with E-state index in [9.17, 15) is 8.42 Å². The molecular formula is C11H16ClNO2S. The summed E-state index contributed by atoms with van der Waals surface area (Å²) in [7, 11) is -3.33. The van der Waals surface area contributed by atoms with E-state index in [-0.39, 0.29) is 15.8 Å². The Balaban J connectivity index is 3.27. The first-order valence-electron chi connectivity index (χ1n) is 5.22. The van der Waals surface area contributed by atoms with E-state index in [1.165, 1.54) is 12.1 Å². The highest BCUT2D eigenvalue weighted by atomic mass is 35.5. The molecule has 5 heteroatoms. The minimum atomic E-state index is -3.33. The third kappa shape index (κ3) is 2.50. The van der Waals surface area contributed by atoms with Gasteiger partial charge < -0.3 is 5.73 Å². The van der Waals surface area contributed by atoms with Crippen LogP contribution in [0.15, 0.2) is 23.1 Å². The van der Waals surface area contributed by atoms with Crippen molar-refractivity contribution in [3.63, 3.8) is 0 Å². The maximum atomic E-state index is 12.2. The second kappa shape index (κ2) is 5.06. The molecule has 0 amide bonds. The van der Waals surface area contributed by atoms with Crippen molar-refractivity contribution in [1.82, 2.24) is 0 Å². The first-order valence-corrected chi connectivity index (χ1v) is 7.14. The molecule has 1 aromatic carbocycles. The van der Waals surface area contributed by atoms with Crippen LogP contribution in [0.5, 0.6) is 0 Å². The van der Waals surface area contributed by atoms with Crippen molar-refractivity contribution in [3.8, 4) is 0 Å². The van der Waals surface area contributed by atoms with Crippen LogP contribution in [0, 0.1) is 0 Å². The van der Waals surface area contributed by atoms with Gasteiger partial charge in [0.15, 0.2) is 9.84 Å². The summed E-state index contributed by atoms with van der Waals surface area (Å²) < 4.78 is 24.4.